The number of nitrogens with one attached hydrogen (secondary N) is 2. The van der Waals surface area contributed by atoms with Crippen molar-refractivity contribution in [1.29, 1.82) is 0 Å². The third kappa shape index (κ3) is 5.73. The SMILES string of the molecule is CC(C)NCc1ccc(S(=O)(=O)NCCN(C)C)o1. The molecule has 6 nitrogen and oxygen atoms in total. The molecule has 2 N–H and O–H groups in total. The molecule has 0 atom stereocenters. The second kappa shape index (κ2) is 7.04. The smallest absolute Gasteiger partial charge is 0.274 e. The first kappa shape index (κ1) is 16.2. The number of hydrogen-bond acceptors (Lipinski definition) is 5. The normalized spacial score (nSPS) is 12.5. The highest BCUT2D eigenvalue weighted by Crippen LogP contribution is 2.13. The van der Waals surface area contributed by atoms with Gasteiger partial charge in [-0.15, -0.1) is 0 Å². The zero-order chi connectivity index (χ0) is 14.5. The fourth-order valence-corrected chi connectivity index (χ4v) is 2.34. The van der Waals surface area contributed by atoms with E-state index in [2.05, 4.69) is 10.0 Å². The van der Waals surface area contributed by atoms with Crippen LogP contribution in [0.15, 0.2) is 21.6 Å². The lowest BCUT2D eigenvalue weighted by Gasteiger charge is -2.09. The predicted octanol–water partition coefficient (Wildman–Crippen LogP) is 0.618. The molecule has 1 heterocycles. The van der Waals surface area contributed by atoms with Gasteiger partial charge in [-0.3, -0.25) is 0 Å². The van der Waals surface area contributed by atoms with Crippen LogP contribution in [0.1, 0.15) is 19.6 Å². The molecule has 0 aliphatic carbocycles. The van der Waals surface area contributed by atoms with E-state index in [1.807, 2.05) is 32.8 Å². The number of furan rings is 1. The van der Waals surface area contributed by atoms with Gasteiger partial charge in [0.15, 0.2) is 0 Å². The molecule has 0 saturated carbocycles. The topological polar surface area (TPSA) is 74.6 Å². The molecule has 1 aromatic heterocycles. The van der Waals surface area contributed by atoms with Crippen molar-refractivity contribution in [2.45, 2.75) is 31.5 Å². The first-order valence-corrected chi connectivity index (χ1v) is 7.76. The first-order chi connectivity index (χ1) is 8.81. The van der Waals surface area contributed by atoms with Gasteiger partial charge in [0, 0.05) is 19.1 Å². The maximum absolute atomic E-state index is 11.9. The lowest BCUT2D eigenvalue weighted by Crippen LogP contribution is -2.31. The second-order valence-electron chi connectivity index (χ2n) is 4.96. The van der Waals surface area contributed by atoms with Gasteiger partial charge in [-0.2, -0.15) is 0 Å². The highest BCUT2D eigenvalue weighted by molar-refractivity contribution is 7.89. The zero-order valence-corrected chi connectivity index (χ0v) is 12.8. The summed E-state index contributed by atoms with van der Waals surface area (Å²) in [6, 6.07) is 3.48. The van der Waals surface area contributed by atoms with Crippen LogP contribution in [-0.2, 0) is 16.6 Å². The Morgan fingerprint density at radius 1 is 1.32 bits per heavy atom. The summed E-state index contributed by atoms with van der Waals surface area (Å²) in [5, 5.41) is 3.13. The highest BCUT2D eigenvalue weighted by atomic mass is 32.2. The summed E-state index contributed by atoms with van der Waals surface area (Å²) in [4.78, 5) is 1.91. The van der Waals surface area contributed by atoms with Gasteiger partial charge in [-0.25, -0.2) is 13.1 Å². The molecule has 0 spiro atoms. The quantitative estimate of drug-likeness (QED) is 0.734. The van der Waals surface area contributed by atoms with Crippen LogP contribution in [0.3, 0.4) is 0 Å². The largest absolute Gasteiger partial charge is 0.447 e. The van der Waals surface area contributed by atoms with Crippen LogP contribution in [0.2, 0.25) is 0 Å². The number of hydrogen-bond donors (Lipinski definition) is 2. The van der Waals surface area contributed by atoms with E-state index in [0.29, 0.717) is 31.4 Å². The Balaban J connectivity index is 2.58. The fraction of sp³-hybridized carbons (Fsp3) is 0.667. The van der Waals surface area contributed by atoms with E-state index in [9.17, 15) is 8.42 Å². The number of sulfonamides is 1. The van der Waals surface area contributed by atoms with Crippen LogP contribution in [-0.4, -0.2) is 46.5 Å². The van der Waals surface area contributed by atoms with Crippen LogP contribution >= 0.6 is 0 Å². The Kier molecular flexibility index (Phi) is 5.99. The molecule has 0 fully saturated rings. The fourth-order valence-electron chi connectivity index (χ4n) is 1.38. The van der Waals surface area contributed by atoms with E-state index >= 15 is 0 Å². The molecule has 0 amide bonds. The summed E-state index contributed by atoms with van der Waals surface area (Å²) < 4.78 is 31.7. The molecule has 1 rings (SSSR count). The average molecular weight is 289 g/mol. The summed E-state index contributed by atoms with van der Waals surface area (Å²) in [5.74, 6) is 0.613. The summed E-state index contributed by atoms with van der Waals surface area (Å²) in [6.45, 7) is 5.55. The van der Waals surface area contributed by atoms with Crippen LogP contribution < -0.4 is 10.0 Å². The predicted molar refractivity (Wildman–Crippen MR) is 74.4 cm³/mol. The molecule has 7 heteroatoms. The molecule has 0 saturated heterocycles. The van der Waals surface area contributed by atoms with Gasteiger partial charge in [0.2, 0.25) is 5.09 Å². The van der Waals surface area contributed by atoms with Crippen molar-refractivity contribution in [1.82, 2.24) is 14.9 Å². The molecule has 110 valence electrons. The van der Waals surface area contributed by atoms with E-state index in [0.717, 1.165) is 0 Å². The second-order valence-corrected chi connectivity index (χ2v) is 6.66. The molecular formula is C12H23N3O3S. The third-order valence-electron chi connectivity index (χ3n) is 2.44. The molecule has 0 bridgehead atoms. The standard InChI is InChI=1S/C12H23N3O3S/c1-10(2)13-9-11-5-6-12(18-11)19(16,17)14-7-8-15(3)4/h5-6,10,13-14H,7-9H2,1-4H3. The Hall–Kier alpha value is -0.890. The van der Waals surface area contributed by atoms with Crippen molar-refractivity contribution in [3.8, 4) is 0 Å². The molecule has 0 unspecified atom stereocenters. The van der Waals surface area contributed by atoms with Crippen molar-refractivity contribution in [2.75, 3.05) is 27.2 Å². The first-order valence-electron chi connectivity index (χ1n) is 6.28. The number of rotatable bonds is 8. The van der Waals surface area contributed by atoms with Crippen LogP contribution in [0.4, 0.5) is 0 Å². The molecular weight excluding hydrogens is 266 g/mol. The van der Waals surface area contributed by atoms with Gasteiger partial charge < -0.3 is 14.6 Å². The third-order valence-corrected chi connectivity index (χ3v) is 3.77. The van der Waals surface area contributed by atoms with Crippen LogP contribution in [0, 0.1) is 0 Å². The van der Waals surface area contributed by atoms with Gasteiger partial charge in [0.1, 0.15) is 5.76 Å². The monoisotopic (exact) mass is 289 g/mol. The van der Waals surface area contributed by atoms with Gasteiger partial charge in [-0.05, 0) is 26.2 Å². The maximum atomic E-state index is 11.9. The molecule has 0 aromatic carbocycles. The highest BCUT2D eigenvalue weighted by Gasteiger charge is 2.18. The van der Waals surface area contributed by atoms with Crippen molar-refractivity contribution in [3.63, 3.8) is 0 Å². The maximum Gasteiger partial charge on any atom is 0.274 e. The molecule has 0 radical (unpaired) electrons. The van der Waals surface area contributed by atoms with Crippen molar-refractivity contribution in [2.24, 2.45) is 0 Å². The number of nitrogens with zero attached hydrogens (tertiary/aromatic N) is 1. The summed E-state index contributed by atoms with van der Waals surface area (Å²) >= 11 is 0. The van der Waals surface area contributed by atoms with Gasteiger partial charge in [0.05, 0.1) is 6.54 Å². The Bertz CT molecular complexity index is 480. The van der Waals surface area contributed by atoms with E-state index in [1.54, 1.807) is 6.07 Å². The van der Waals surface area contributed by atoms with Gasteiger partial charge in [0.25, 0.3) is 10.0 Å². The molecule has 0 aliphatic heterocycles. The average Bonchev–Trinajstić information content (AvgIpc) is 2.74. The molecule has 19 heavy (non-hydrogen) atoms. The van der Waals surface area contributed by atoms with E-state index in [4.69, 9.17) is 4.42 Å². The lowest BCUT2D eigenvalue weighted by molar-refractivity contribution is 0.388. The Labute approximate surface area is 115 Å². The molecule has 1 aromatic rings. The van der Waals surface area contributed by atoms with Crippen LogP contribution in [0.25, 0.3) is 0 Å². The van der Waals surface area contributed by atoms with Gasteiger partial charge >= 0.3 is 0 Å². The van der Waals surface area contributed by atoms with Crippen molar-refractivity contribution >= 4 is 10.0 Å². The number of likely N-dealkylation sites (N-methyl/N-ethyl adjacent to an activating group) is 1. The minimum atomic E-state index is -3.54. The van der Waals surface area contributed by atoms with Crippen molar-refractivity contribution < 1.29 is 12.8 Å². The molecule has 0 aliphatic rings. The lowest BCUT2D eigenvalue weighted by atomic mass is 10.3. The minimum absolute atomic E-state index is 0.0354. The van der Waals surface area contributed by atoms with E-state index in [-0.39, 0.29) is 5.09 Å². The van der Waals surface area contributed by atoms with E-state index in [1.165, 1.54) is 6.07 Å². The van der Waals surface area contributed by atoms with E-state index < -0.39 is 10.0 Å². The summed E-state index contributed by atoms with van der Waals surface area (Å²) in [6.07, 6.45) is 0. The minimum Gasteiger partial charge on any atom is -0.447 e. The Morgan fingerprint density at radius 3 is 2.58 bits per heavy atom. The summed E-state index contributed by atoms with van der Waals surface area (Å²) in [7, 11) is 0.227. The van der Waals surface area contributed by atoms with Gasteiger partial charge in [-0.1, -0.05) is 13.8 Å². The van der Waals surface area contributed by atoms with Crippen molar-refractivity contribution in [3.05, 3.63) is 17.9 Å². The van der Waals surface area contributed by atoms with Crippen LogP contribution in [0.5, 0.6) is 0 Å². The summed E-state index contributed by atoms with van der Waals surface area (Å²) in [5.41, 5.74) is 0. The Morgan fingerprint density at radius 2 is 2.00 bits per heavy atom. The zero-order valence-electron chi connectivity index (χ0n) is 11.9.